The largest absolute Gasteiger partial charge is 0.302 e. The standard InChI is InChI=1S/C32H38N2S/c1-4-6-8-10-26-13-18-29(19-14-26)34(30-20-15-27(16-21-30)11-9-7-5-2)32-23-22-31(35-32)28-17-12-25(3)33-24-28/h12-24H,4-11H2,1-3H3. The Labute approximate surface area is 215 Å². The number of nitrogens with zero attached hydrogens (tertiary/aromatic N) is 2. The Hall–Kier alpha value is -2.91. The first kappa shape index (κ1) is 25.2. The van der Waals surface area contributed by atoms with Crippen molar-refractivity contribution in [1.29, 1.82) is 0 Å². The van der Waals surface area contributed by atoms with Crippen LogP contribution in [0.5, 0.6) is 0 Å². The van der Waals surface area contributed by atoms with Crippen LogP contribution in [0.2, 0.25) is 0 Å². The Balaban J connectivity index is 1.63. The predicted octanol–water partition coefficient (Wildman–Crippen LogP) is 10.1. The second-order valence-corrected chi connectivity index (χ2v) is 10.5. The first-order valence-electron chi connectivity index (χ1n) is 13.2. The van der Waals surface area contributed by atoms with Crippen LogP contribution in [0.4, 0.5) is 16.4 Å². The summed E-state index contributed by atoms with van der Waals surface area (Å²) in [5, 5.41) is 1.22. The number of hydrogen-bond acceptors (Lipinski definition) is 3. The molecule has 0 N–H and O–H groups in total. The third kappa shape index (κ3) is 6.82. The molecule has 3 heteroatoms. The van der Waals surface area contributed by atoms with Crippen molar-refractivity contribution >= 4 is 27.7 Å². The summed E-state index contributed by atoms with van der Waals surface area (Å²) in [5.41, 5.74) is 7.48. The average molecular weight is 483 g/mol. The highest BCUT2D eigenvalue weighted by Crippen LogP contribution is 2.41. The van der Waals surface area contributed by atoms with Gasteiger partial charge in [0.05, 0.1) is 0 Å². The van der Waals surface area contributed by atoms with Gasteiger partial charge in [0.25, 0.3) is 0 Å². The molecular formula is C32H38N2S. The van der Waals surface area contributed by atoms with Gasteiger partial charge < -0.3 is 4.90 Å². The topological polar surface area (TPSA) is 16.1 Å². The zero-order valence-electron chi connectivity index (χ0n) is 21.5. The number of pyridine rings is 1. The van der Waals surface area contributed by atoms with Crippen LogP contribution in [0.25, 0.3) is 10.4 Å². The van der Waals surface area contributed by atoms with Gasteiger partial charge in [0.2, 0.25) is 0 Å². The van der Waals surface area contributed by atoms with Crippen LogP contribution in [0.1, 0.15) is 69.2 Å². The van der Waals surface area contributed by atoms with Gasteiger partial charge in [0, 0.05) is 33.7 Å². The highest BCUT2D eigenvalue weighted by Gasteiger charge is 2.16. The van der Waals surface area contributed by atoms with E-state index in [0.29, 0.717) is 0 Å². The van der Waals surface area contributed by atoms with E-state index in [1.807, 2.05) is 24.5 Å². The van der Waals surface area contributed by atoms with Gasteiger partial charge in [0.15, 0.2) is 0 Å². The number of unbranched alkanes of at least 4 members (excludes halogenated alkanes) is 4. The fourth-order valence-electron chi connectivity index (χ4n) is 4.40. The van der Waals surface area contributed by atoms with E-state index in [2.05, 4.69) is 96.5 Å². The first-order valence-corrected chi connectivity index (χ1v) is 14.0. The van der Waals surface area contributed by atoms with Gasteiger partial charge in [-0.3, -0.25) is 4.98 Å². The van der Waals surface area contributed by atoms with E-state index in [4.69, 9.17) is 0 Å². The number of rotatable bonds is 12. The molecule has 0 aliphatic heterocycles. The van der Waals surface area contributed by atoms with Gasteiger partial charge >= 0.3 is 0 Å². The molecule has 182 valence electrons. The van der Waals surface area contributed by atoms with Crippen LogP contribution in [-0.2, 0) is 12.8 Å². The van der Waals surface area contributed by atoms with Gasteiger partial charge in [-0.05, 0) is 86.2 Å². The molecule has 2 nitrogen and oxygen atoms in total. The minimum atomic E-state index is 1.05. The minimum absolute atomic E-state index is 1.05. The molecule has 0 bridgehead atoms. The Morgan fingerprint density at radius 2 is 1.23 bits per heavy atom. The molecule has 0 amide bonds. The number of aryl methyl sites for hydroxylation is 3. The van der Waals surface area contributed by atoms with Crippen LogP contribution in [0.3, 0.4) is 0 Å². The summed E-state index contributed by atoms with van der Waals surface area (Å²) in [6.45, 7) is 6.55. The fraction of sp³-hybridized carbons (Fsp3) is 0.344. The number of aromatic nitrogens is 1. The normalized spacial score (nSPS) is 11.1. The van der Waals surface area contributed by atoms with Gasteiger partial charge in [0.1, 0.15) is 5.00 Å². The third-order valence-electron chi connectivity index (χ3n) is 6.54. The average Bonchev–Trinajstić information content (AvgIpc) is 3.36. The summed E-state index contributed by atoms with van der Waals surface area (Å²) in [7, 11) is 0. The SMILES string of the molecule is CCCCCc1ccc(N(c2ccc(CCCCC)cc2)c2ccc(-c3ccc(C)nc3)s2)cc1. The molecule has 0 unspecified atom stereocenters. The Bertz CT molecular complexity index is 1100. The Kier molecular flexibility index (Phi) is 9.14. The van der Waals surface area contributed by atoms with Crippen LogP contribution in [0, 0.1) is 6.92 Å². The van der Waals surface area contributed by atoms with E-state index < -0.39 is 0 Å². The molecule has 4 rings (SSSR count). The maximum absolute atomic E-state index is 4.50. The summed E-state index contributed by atoms with van der Waals surface area (Å²) in [6, 6.07) is 27.0. The van der Waals surface area contributed by atoms with Crippen molar-refractivity contribution in [1.82, 2.24) is 4.98 Å². The second-order valence-electron chi connectivity index (χ2n) is 9.41. The molecule has 0 aliphatic rings. The molecule has 2 heterocycles. The van der Waals surface area contributed by atoms with Gasteiger partial charge in [-0.1, -0.05) is 69.9 Å². The van der Waals surface area contributed by atoms with E-state index in [-0.39, 0.29) is 0 Å². The fourth-order valence-corrected chi connectivity index (χ4v) is 5.44. The van der Waals surface area contributed by atoms with E-state index in [0.717, 1.165) is 18.5 Å². The first-order chi connectivity index (χ1) is 17.2. The molecule has 0 radical (unpaired) electrons. The molecule has 0 spiro atoms. The van der Waals surface area contributed by atoms with E-state index in [1.165, 1.54) is 76.5 Å². The highest BCUT2D eigenvalue weighted by atomic mass is 32.1. The summed E-state index contributed by atoms with van der Waals surface area (Å²) in [5.74, 6) is 0. The molecule has 2 aromatic carbocycles. The van der Waals surface area contributed by atoms with Crippen molar-refractivity contribution in [3.63, 3.8) is 0 Å². The lowest BCUT2D eigenvalue weighted by Gasteiger charge is -2.24. The lowest BCUT2D eigenvalue weighted by molar-refractivity contribution is 0.717. The third-order valence-corrected chi connectivity index (χ3v) is 7.65. The Morgan fingerprint density at radius 3 is 1.71 bits per heavy atom. The monoisotopic (exact) mass is 482 g/mol. The molecular weight excluding hydrogens is 444 g/mol. The van der Waals surface area contributed by atoms with Gasteiger partial charge in [-0.25, -0.2) is 0 Å². The number of hydrogen-bond donors (Lipinski definition) is 0. The summed E-state index contributed by atoms with van der Waals surface area (Å²) < 4.78 is 0. The zero-order chi connectivity index (χ0) is 24.5. The second kappa shape index (κ2) is 12.7. The minimum Gasteiger partial charge on any atom is -0.302 e. The predicted molar refractivity (Wildman–Crippen MR) is 153 cm³/mol. The number of benzene rings is 2. The zero-order valence-corrected chi connectivity index (χ0v) is 22.3. The van der Waals surface area contributed by atoms with Crippen molar-refractivity contribution in [3.8, 4) is 10.4 Å². The van der Waals surface area contributed by atoms with Crippen molar-refractivity contribution < 1.29 is 0 Å². The van der Waals surface area contributed by atoms with Crippen molar-refractivity contribution in [2.24, 2.45) is 0 Å². The Morgan fingerprint density at radius 1 is 0.657 bits per heavy atom. The number of thiophene rings is 1. The van der Waals surface area contributed by atoms with Crippen LogP contribution >= 0.6 is 11.3 Å². The van der Waals surface area contributed by atoms with Gasteiger partial charge in [-0.15, -0.1) is 11.3 Å². The van der Waals surface area contributed by atoms with Crippen molar-refractivity contribution in [2.75, 3.05) is 4.90 Å². The van der Waals surface area contributed by atoms with Crippen molar-refractivity contribution in [2.45, 2.75) is 72.1 Å². The van der Waals surface area contributed by atoms with Crippen LogP contribution < -0.4 is 4.90 Å². The molecule has 0 saturated heterocycles. The molecule has 35 heavy (non-hydrogen) atoms. The molecule has 2 aromatic heterocycles. The highest BCUT2D eigenvalue weighted by molar-refractivity contribution is 7.19. The van der Waals surface area contributed by atoms with E-state index in [1.54, 1.807) is 0 Å². The van der Waals surface area contributed by atoms with E-state index >= 15 is 0 Å². The molecule has 0 saturated carbocycles. The maximum Gasteiger partial charge on any atom is 0.101 e. The van der Waals surface area contributed by atoms with Crippen molar-refractivity contribution in [3.05, 3.63) is 95.8 Å². The lowest BCUT2D eigenvalue weighted by atomic mass is 10.1. The smallest absolute Gasteiger partial charge is 0.101 e. The van der Waals surface area contributed by atoms with Crippen LogP contribution in [0.15, 0.2) is 79.0 Å². The molecule has 4 aromatic rings. The molecule has 0 aliphatic carbocycles. The number of anilines is 3. The van der Waals surface area contributed by atoms with Crippen LogP contribution in [-0.4, -0.2) is 4.98 Å². The van der Waals surface area contributed by atoms with Gasteiger partial charge in [-0.2, -0.15) is 0 Å². The summed E-state index contributed by atoms with van der Waals surface area (Å²) >= 11 is 1.82. The summed E-state index contributed by atoms with van der Waals surface area (Å²) in [6.07, 6.45) is 11.9. The maximum atomic E-state index is 4.50. The van der Waals surface area contributed by atoms with E-state index in [9.17, 15) is 0 Å². The molecule has 0 fully saturated rings. The lowest BCUT2D eigenvalue weighted by Crippen LogP contribution is -2.08. The quantitative estimate of drug-likeness (QED) is 0.187. The summed E-state index contributed by atoms with van der Waals surface area (Å²) in [4.78, 5) is 8.13. The molecule has 0 atom stereocenters.